The Morgan fingerprint density at radius 1 is 1.09 bits per heavy atom. The van der Waals surface area contributed by atoms with E-state index in [4.69, 9.17) is 4.74 Å². The zero-order chi connectivity index (χ0) is 16.3. The van der Waals surface area contributed by atoms with E-state index >= 15 is 0 Å². The molecule has 116 valence electrons. The number of carbonyl (C=O) groups is 1. The first-order valence-corrected chi connectivity index (χ1v) is 6.89. The minimum absolute atomic E-state index is 0.0857. The number of hydrogen-bond acceptors (Lipinski definition) is 2. The van der Waals surface area contributed by atoms with Crippen LogP contribution in [-0.2, 0) is 0 Å². The summed E-state index contributed by atoms with van der Waals surface area (Å²) in [6.45, 7) is 4.01. The first kappa shape index (κ1) is 15.9. The number of benzene rings is 2. The number of ether oxygens (including phenoxy) is 1. The van der Waals surface area contributed by atoms with E-state index in [0.29, 0.717) is 11.3 Å². The Bertz CT molecular complexity index is 684. The highest BCUT2D eigenvalue weighted by molar-refractivity contribution is 6.01. The third-order valence-corrected chi connectivity index (χ3v) is 3.48. The number of hydrogen-bond donors (Lipinski definition) is 0. The average Bonchev–Trinajstić information content (AvgIpc) is 2.53. The summed E-state index contributed by atoms with van der Waals surface area (Å²) in [5.74, 6) is -0.788. The van der Waals surface area contributed by atoms with Gasteiger partial charge in [-0.3, -0.25) is 4.79 Å². The van der Waals surface area contributed by atoms with E-state index in [1.807, 2.05) is 38.1 Å². The fourth-order valence-electron chi connectivity index (χ4n) is 2.48. The van der Waals surface area contributed by atoms with Crippen LogP contribution in [0.25, 0.3) is 11.1 Å². The minimum Gasteiger partial charge on any atom is -0.496 e. The van der Waals surface area contributed by atoms with Crippen molar-refractivity contribution in [2.24, 2.45) is 0 Å². The Morgan fingerprint density at radius 3 is 2.36 bits per heavy atom. The van der Waals surface area contributed by atoms with Gasteiger partial charge in [0.15, 0.2) is 0 Å². The molecule has 0 fully saturated rings. The highest BCUT2D eigenvalue weighted by Crippen LogP contribution is 2.38. The van der Waals surface area contributed by atoms with E-state index in [2.05, 4.69) is 0 Å². The van der Waals surface area contributed by atoms with E-state index in [9.17, 15) is 13.8 Å². The van der Waals surface area contributed by atoms with E-state index in [1.54, 1.807) is 6.07 Å². The van der Waals surface area contributed by atoms with Crippen molar-refractivity contribution in [1.82, 2.24) is 5.34 Å². The van der Waals surface area contributed by atoms with Crippen LogP contribution in [0.5, 0.6) is 5.75 Å². The monoisotopic (exact) mass is 305 g/mol. The lowest BCUT2D eigenvalue weighted by atomic mass is 9.89. The molecule has 0 heterocycles. The summed E-state index contributed by atoms with van der Waals surface area (Å²) in [7, 11) is 1.45. The number of methoxy groups -OCH3 is 1. The Morgan fingerprint density at radius 2 is 1.77 bits per heavy atom. The average molecular weight is 305 g/mol. The zero-order valence-corrected chi connectivity index (χ0v) is 12.6. The summed E-state index contributed by atoms with van der Waals surface area (Å²) in [6.07, 6.45) is 0. The number of carbonyl (C=O) groups excluding carboxylic acids is 1. The Hall–Kier alpha value is -2.43. The van der Waals surface area contributed by atoms with Crippen molar-refractivity contribution >= 4 is 5.91 Å². The van der Waals surface area contributed by atoms with Crippen LogP contribution in [0.2, 0.25) is 0 Å². The van der Waals surface area contributed by atoms with Crippen LogP contribution in [0, 0.1) is 0 Å². The molecule has 0 N–H and O–H groups in total. The molecule has 5 heteroatoms. The molecular weight excluding hydrogens is 288 g/mol. The maximum absolute atomic E-state index is 12.7. The van der Waals surface area contributed by atoms with E-state index in [1.165, 1.54) is 19.2 Å². The molecule has 2 rings (SSSR count). The van der Waals surface area contributed by atoms with Crippen molar-refractivity contribution in [2.45, 2.75) is 19.8 Å². The molecular formula is C17H17F2NO2. The van der Waals surface area contributed by atoms with Crippen LogP contribution in [0.4, 0.5) is 8.96 Å². The molecule has 2 aromatic rings. The molecule has 0 bridgehead atoms. The molecule has 0 aliphatic heterocycles. The summed E-state index contributed by atoms with van der Waals surface area (Å²) in [6, 6.07) is 12.0. The fraction of sp³-hybridized carbons (Fsp3) is 0.235. The van der Waals surface area contributed by atoms with Crippen LogP contribution in [-0.4, -0.2) is 18.4 Å². The minimum atomic E-state index is -1.41. The summed E-state index contributed by atoms with van der Waals surface area (Å²) < 4.78 is 30.8. The largest absolute Gasteiger partial charge is 0.496 e. The fourth-order valence-corrected chi connectivity index (χ4v) is 2.48. The van der Waals surface area contributed by atoms with Gasteiger partial charge in [0, 0.05) is 10.9 Å². The molecule has 0 saturated heterocycles. The van der Waals surface area contributed by atoms with Crippen molar-refractivity contribution in [2.75, 3.05) is 7.11 Å². The van der Waals surface area contributed by atoms with Gasteiger partial charge in [0.25, 0.3) is 0 Å². The van der Waals surface area contributed by atoms with Gasteiger partial charge in [-0.2, -0.15) is 0 Å². The number of halogens is 2. The third kappa shape index (κ3) is 2.93. The Kier molecular flexibility index (Phi) is 4.75. The summed E-state index contributed by atoms with van der Waals surface area (Å²) in [4.78, 5) is 11.8. The van der Waals surface area contributed by atoms with Crippen LogP contribution in [0.1, 0.15) is 35.7 Å². The van der Waals surface area contributed by atoms with Crippen molar-refractivity contribution < 1.29 is 18.5 Å². The molecule has 0 radical (unpaired) electrons. The highest BCUT2D eigenvalue weighted by atomic mass is 19.4. The second kappa shape index (κ2) is 6.56. The lowest BCUT2D eigenvalue weighted by molar-refractivity contribution is -0.108. The van der Waals surface area contributed by atoms with Gasteiger partial charge in [-0.15, -0.1) is 0 Å². The summed E-state index contributed by atoms with van der Waals surface area (Å²) in [5.41, 5.74) is 1.99. The number of amides is 1. The molecule has 2 aromatic carbocycles. The quantitative estimate of drug-likeness (QED) is 0.766. The third-order valence-electron chi connectivity index (χ3n) is 3.48. The SMILES string of the molecule is COc1cccc(C(=O)N(F)F)c1-c1ccccc1C(C)C. The van der Waals surface area contributed by atoms with Gasteiger partial charge in [0.2, 0.25) is 0 Å². The first-order chi connectivity index (χ1) is 10.5. The van der Waals surface area contributed by atoms with E-state index in [-0.39, 0.29) is 11.5 Å². The molecule has 0 atom stereocenters. The molecule has 0 aliphatic carbocycles. The number of nitrogens with zero attached hydrogens (tertiary/aromatic N) is 1. The van der Waals surface area contributed by atoms with Gasteiger partial charge < -0.3 is 4.74 Å². The van der Waals surface area contributed by atoms with E-state index in [0.717, 1.165) is 11.1 Å². The Balaban J connectivity index is 2.76. The van der Waals surface area contributed by atoms with Gasteiger partial charge in [-0.25, -0.2) is 0 Å². The van der Waals surface area contributed by atoms with Gasteiger partial charge in [0.1, 0.15) is 5.75 Å². The topological polar surface area (TPSA) is 29.5 Å². The van der Waals surface area contributed by atoms with Gasteiger partial charge in [-0.1, -0.05) is 53.1 Å². The van der Waals surface area contributed by atoms with Crippen LogP contribution in [0.15, 0.2) is 42.5 Å². The highest BCUT2D eigenvalue weighted by Gasteiger charge is 2.24. The van der Waals surface area contributed by atoms with Crippen molar-refractivity contribution in [3.8, 4) is 16.9 Å². The van der Waals surface area contributed by atoms with Gasteiger partial charge >= 0.3 is 5.91 Å². The second-order valence-corrected chi connectivity index (χ2v) is 5.16. The van der Waals surface area contributed by atoms with Crippen LogP contribution >= 0.6 is 0 Å². The van der Waals surface area contributed by atoms with Gasteiger partial charge in [0.05, 0.1) is 12.7 Å². The molecule has 0 unspecified atom stereocenters. The predicted octanol–water partition coefficient (Wildman–Crippen LogP) is 4.70. The van der Waals surface area contributed by atoms with Crippen LogP contribution in [0.3, 0.4) is 0 Å². The molecule has 3 nitrogen and oxygen atoms in total. The summed E-state index contributed by atoms with van der Waals surface area (Å²) >= 11 is 0. The molecule has 0 aromatic heterocycles. The van der Waals surface area contributed by atoms with Crippen molar-refractivity contribution in [1.29, 1.82) is 0 Å². The van der Waals surface area contributed by atoms with Crippen molar-refractivity contribution in [3.05, 3.63) is 53.6 Å². The lowest BCUT2D eigenvalue weighted by Crippen LogP contribution is -2.15. The number of rotatable bonds is 4. The standard InChI is InChI=1S/C17H17F2NO2/c1-11(2)12-7-4-5-8-13(12)16-14(17(21)20(18)19)9-6-10-15(16)22-3/h4-11H,1-3H3. The second-order valence-electron chi connectivity index (χ2n) is 5.16. The first-order valence-electron chi connectivity index (χ1n) is 6.89. The Labute approximate surface area is 128 Å². The molecule has 0 aliphatic rings. The smallest absolute Gasteiger partial charge is 0.315 e. The maximum Gasteiger partial charge on any atom is 0.315 e. The summed E-state index contributed by atoms with van der Waals surface area (Å²) in [5, 5.41) is -1.41. The predicted molar refractivity (Wildman–Crippen MR) is 80.9 cm³/mol. The molecule has 1 amide bonds. The molecule has 0 saturated carbocycles. The van der Waals surface area contributed by atoms with E-state index < -0.39 is 11.3 Å². The molecule has 0 spiro atoms. The van der Waals surface area contributed by atoms with Crippen molar-refractivity contribution in [3.63, 3.8) is 0 Å². The molecule has 22 heavy (non-hydrogen) atoms. The van der Waals surface area contributed by atoms with Gasteiger partial charge in [-0.05, 0) is 29.2 Å². The maximum atomic E-state index is 12.7. The lowest BCUT2D eigenvalue weighted by Gasteiger charge is -2.18. The zero-order valence-electron chi connectivity index (χ0n) is 12.6. The van der Waals surface area contributed by atoms with Crippen LogP contribution < -0.4 is 4.74 Å². The normalized spacial score (nSPS) is 10.6.